The quantitative estimate of drug-likeness (QED) is 0.296. The standard InChI is InChI=1S/C16H10Br3N5O2/c17-8-4-9(18)14(10(19)5-8)22-16-13-6-20-7-23(13)15-11(21-16)2-1-3-12(15)24(25)26/h1-7,25-26H,(H,21,22). The molecular formula is C16H10Br3N5O2. The first kappa shape index (κ1) is 17.7. The number of imidazole rings is 1. The van der Waals surface area contributed by atoms with Gasteiger partial charge < -0.3 is 5.32 Å². The summed E-state index contributed by atoms with van der Waals surface area (Å²) in [5.74, 6) is 0.582. The Kier molecular flexibility index (Phi) is 4.61. The van der Waals surface area contributed by atoms with Gasteiger partial charge in [0.25, 0.3) is 0 Å². The Morgan fingerprint density at radius 3 is 2.50 bits per heavy atom. The van der Waals surface area contributed by atoms with Crippen LogP contribution in [0.1, 0.15) is 0 Å². The van der Waals surface area contributed by atoms with Crippen LogP contribution in [0.15, 0.2) is 56.3 Å². The van der Waals surface area contributed by atoms with Gasteiger partial charge in [-0.05, 0) is 56.1 Å². The Morgan fingerprint density at radius 2 is 1.81 bits per heavy atom. The zero-order valence-electron chi connectivity index (χ0n) is 12.9. The minimum absolute atomic E-state index is 0.0818. The van der Waals surface area contributed by atoms with Crippen molar-refractivity contribution in [2.24, 2.45) is 0 Å². The first-order valence-corrected chi connectivity index (χ1v) is 9.68. The lowest BCUT2D eigenvalue weighted by Gasteiger charge is -2.16. The van der Waals surface area contributed by atoms with Crippen molar-refractivity contribution in [3.63, 3.8) is 0 Å². The van der Waals surface area contributed by atoms with E-state index in [2.05, 4.69) is 63.1 Å². The van der Waals surface area contributed by atoms with Gasteiger partial charge in [0, 0.05) is 13.4 Å². The molecule has 0 fully saturated rings. The summed E-state index contributed by atoms with van der Waals surface area (Å²) in [6.07, 6.45) is 3.26. The minimum Gasteiger partial charge on any atom is -0.337 e. The van der Waals surface area contributed by atoms with Gasteiger partial charge in [0.05, 0.1) is 23.7 Å². The second kappa shape index (κ2) is 6.78. The third-order valence-corrected chi connectivity index (χ3v) is 5.52. The molecule has 2 aromatic carbocycles. The molecule has 4 aromatic rings. The van der Waals surface area contributed by atoms with Crippen LogP contribution in [0.4, 0.5) is 17.2 Å². The van der Waals surface area contributed by atoms with Gasteiger partial charge in [0.2, 0.25) is 0 Å². The molecule has 0 atom stereocenters. The van der Waals surface area contributed by atoms with E-state index < -0.39 is 0 Å². The third-order valence-electron chi connectivity index (χ3n) is 3.81. The molecular weight excluding hydrogens is 534 g/mol. The largest absolute Gasteiger partial charge is 0.337 e. The van der Waals surface area contributed by atoms with Crippen molar-refractivity contribution in [2.45, 2.75) is 0 Å². The lowest BCUT2D eigenvalue weighted by molar-refractivity contribution is 0.0298. The highest BCUT2D eigenvalue weighted by molar-refractivity contribution is 9.11. The second-order valence-electron chi connectivity index (χ2n) is 5.41. The van der Waals surface area contributed by atoms with E-state index in [0.29, 0.717) is 22.4 Å². The summed E-state index contributed by atoms with van der Waals surface area (Å²) < 4.78 is 4.38. The number of nitrogens with one attached hydrogen (secondary N) is 1. The van der Waals surface area contributed by atoms with Gasteiger partial charge in [-0.15, -0.1) is 5.23 Å². The van der Waals surface area contributed by atoms with Crippen LogP contribution in [-0.4, -0.2) is 24.8 Å². The fraction of sp³-hybridized carbons (Fsp3) is 0. The van der Waals surface area contributed by atoms with Crippen LogP contribution in [0.2, 0.25) is 0 Å². The average molecular weight is 544 g/mol. The smallest absolute Gasteiger partial charge is 0.157 e. The highest BCUT2D eigenvalue weighted by Gasteiger charge is 2.16. The van der Waals surface area contributed by atoms with Crippen LogP contribution in [0.25, 0.3) is 16.6 Å². The molecule has 26 heavy (non-hydrogen) atoms. The van der Waals surface area contributed by atoms with E-state index >= 15 is 0 Å². The van der Waals surface area contributed by atoms with Crippen molar-refractivity contribution >= 4 is 81.5 Å². The van der Waals surface area contributed by atoms with Gasteiger partial charge in [-0.2, -0.15) is 0 Å². The zero-order valence-corrected chi connectivity index (χ0v) is 17.6. The Bertz CT molecular complexity index is 1120. The number of fused-ring (bicyclic) bond motifs is 3. The molecule has 0 aliphatic rings. The van der Waals surface area contributed by atoms with E-state index in [1.54, 1.807) is 35.1 Å². The van der Waals surface area contributed by atoms with Crippen molar-refractivity contribution in [3.05, 3.63) is 56.3 Å². The monoisotopic (exact) mass is 541 g/mol. The molecule has 10 heteroatoms. The van der Waals surface area contributed by atoms with E-state index in [1.165, 1.54) is 0 Å². The van der Waals surface area contributed by atoms with E-state index in [4.69, 9.17) is 0 Å². The molecule has 0 amide bonds. The van der Waals surface area contributed by atoms with Crippen LogP contribution in [-0.2, 0) is 0 Å². The number of rotatable bonds is 3. The van der Waals surface area contributed by atoms with Crippen molar-refractivity contribution < 1.29 is 10.4 Å². The lowest BCUT2D eigenvalue weighted by Crippen LogP contribution is -2.13. The molecule has 3 N–H and O–H groups in total. The minimum atomic E-state index is 0.0818. The molecule has 0 bridgehead atoms. The van der Waals surface area contributed by atoms with E-state index in [0.717, 1.165) is 19.1 Å². The summed E-state index contributed by atoms with van der Waals surface area (Å²) in [5.41, 5.74) is 2.81. The number of halogens is 3. The van der Waals surface area contributed by atoms with Crippen molar-refractivity contribution in [2.75, 3.05) is 10.5 Å². The molecule has 0 aliphatic carbocycles. The predicted molar refractivity (Wildman–Crippen MR) is 109 cm³/mol. The first-order chi connectivity index (χ1) is 12.5. The number of aromatic nitrogens is 3. The molecule has 7 nitrogen and oxygen atoms in total. The average Bonchev–Trinajstić information content (AvgIpc) is 3.07. The molecule has 0 aliphatic heterocycles. The first-order valence-electron chi connectivity index (χ1n) is 7.30. The summed E-state index contributed by atoms with van der Waals surface area (Å²) in [6.45, 7) is 0. The summed E-state index contributed by atoms with van der Waals surface area (Å²) in [5, 5.41) is 22.4. The van der Waals surface area contributed by atoms with Crippen LogP contribution in [0, 0.1) is 0 Å². The molecule has 0 spiro atoms. The van der Waals surface area contributed by atoms with Crippen molar-refractivity contribution in [1.82, 2.24) is 14.4 Å². The highest BCUT2D eigenvalue weighted by atomic mass is 79.9. The van der Waals surface area contributed by atoms with Gasteiger partial charge in [-0.25, -0.2) is 9.97 Å². The molecule has 0 unspecified atom stereocenters. The summed E-state index contributed by atoms with van der Waals surface area (Å²) >= 11 is 10.5. The number of para-hydroxylation sites is 1. The molecule has 2 heterocycles. The fourth-order valence-electron chi connectivity index (χ4n) is 2.72. The van der Waals surface area contributed by atoms with Gasteiger partial charge in [-0.1, -0.05) is 22.0 Å². The van der Waals surface area contributed by atoms with Gasteiger partial charge in [0.15, 0.2) is 5.82 Å². The maximum absolute atomic E-state index is 9.52. The number of anilines is 3. The summed E-state index contributed by atoms with van der Waals surface area (Å²) in [7, 11) is 0. The van der Waals surface area contributed by atoms with E-state index in [1.807, 2.05) is 12.1 Å². The molecule has 132 valence electrons. The summed E-state index contributed by atoms with van der Waals surface area (Å²) in [4.78, 5) is 8.83. The van der Waals surface area contributed by atoms with Gasteiger partial charge in [0.1, 0.15) is 16.7 Å². The molecule has 2 aromatic heterocycles. The van der Waals surface area contributed by atoms with Crippen LogP contribution in [0.5, 0.6) is 0 Å². The normalized spacial score (nSPS) is 11.3. The van der Waals surface area contributed by atoms with Crippen molar-refractivity contribution in [3.8, 4) is 0 Å². The van der Waals surface area contributed by atoms with Crippen molar-refractivity contribution in [1.29, 1.82) is 0 Å². The van der Waals surface area contributed by atoms with E-state index in [9.17, 15) is 10.4 Å². The zero-order chi connectivity index (χ0) is 18.4. The Balaban J connectivity index is 1.96. The lowest BCUT2D eigenvalue weighted by atomic mass is 10.2. The van der Waals surface area contributed by atoms with Crippen LogP contribution in [0.3, 0.4) is 0 Å². The highest BCUT2D eigenvalue weighted by Crippen LogP contribution is 2.37. The molecule has 4 rings (SSSR count). The van der Waals surface area contributed by atoms with Crippen LogP contribution < -0.4 is 10.5 Å². The fourth-order valence-corrected chi connectivity index (χ4v) is 5.17. The predicted octanol–water partition coefficient (Wildman–Crippen LogP) is 5.50. The molecule has 0 radical (unpaired) electrons. The molecule has 0 saturated carbocycles. The van der Waals surface area contributed by atoms with Crippen LogP contribution >= 0.6 is 47.8 Å². The van der Waals surface area contributed by atoms with E-state index in [-0.39, 0.29) is 10.9 Å². The topological polar surface area (TPSA) is 85.9 Å². The van der Waals surface area contributed by atoms with Gasteiger partial charge in [-0.3, -0.25) is 14.8 Å². The number of nitrogens with zero attached hydrogens (tertiary/aromatic N) is 4. The third kappa shape index (κ3) is 2.97. The Labute approximate surface area is 172 Å². The second-order valence-corrected chi connectivity index (χ2v) is 8.04. The molecule has 0 saturated heterocycles. The van der Waals surface area contributed by atoms with Gasteiger partial charge >= 0.3 is 0 Å². The maximum Gasteiger partial charge on any atom is 0.157 e. The Morgan fingerprint density at radius 1 is 1.08 bits per heavy atom. The Hall–Kier alpha value is -1.72. The number of hydrogen-bond donors (Lipinski definition) is 3. The maximum atomic E-state index is 9.52. The SMILES string of the molecule is ON(O)c1cccc2nc(Nc3c(Br)cc(Br)cc3Br)c3cncn3c12. The number of benzene rings is 2. The number of hydrogen-bond acceptors (Lipinski definition) is 6. The summed E-state index contributed by atoms with van der Waals surface area (Å²) in [6, 6.07) is 8.92.